The zero-order chi connectivity index (χ0) is 16.1. The second-order valence-electron chi connectivity index (χ2n) is 4.62. The van der Waals surface area contributed by atoms with E-state index < -0.39 is 0 Å². The predicted molar refractivity (Wildman–Crippen MR) is 94.8 cm³/mol. The Hall–Kier alpha value is -0.0400. The molecule has 0 unspecified atom stereocenters. The molecular formula is C18H45N. The summed E-state index contributed by atoms with van der Waals surface area (Å²) in [5.41, 5.74) is 4.50. The lowest BCUT2D eigenvalue weighted by molar-refractivity contribution is 0.276. The molecule has 0 aromatic heterocycles. The fourth-order valence-corrected chi connectivity index (χ4v) is 2.03. The van der Waals surface area contributed by atoms with Gasteiger partial charge in [0.05, 0.1) is 0 Å². The van der Waals surface area contributed by atoms with Gasteiger partial charge in [0.1, 0.15) is 0 Å². The van der Waals surface area contributed by atoms with E-state index >= 15 is 0 Å². The van der Waals surface area contributed by atoms with Crippen LogP contribution in [0, 0.1) is 11.8 Å². The van der Waals surface area contributed by atoms with Crippen molar-refractivity contribution in [1.29, 1.82) is 0 Å². The highest BCUT2D eigenvalue weighted by atomic mass is 14.4. The quantitative estimate of drug-likeness (QED) is 0.599. The van der Waals surface area contributed by atoms with E-state index in [1.165, 1.54) is 52.0 Å². The molecule has 0 aliphatic heterocycles. The molecule has 0 atom stereocenters. The van der Waals surface area contributed by atoms with E-state index in [0.29, 0.717) is 0 Å². The van der Waals surface area contributed by atoms with Gasteiger partial charge in [0, 0.05) is 0 Å². The van der Waals surface area contributed by atoms with Gasteiger partial charge in [-0.1, -0.05) is 100 Å². The highest BCUT2D eigenvalue weighted by Gasteiger charge is 2.16. The molecule has 1 heteroatoms. The molecule has 1 fully saturated rings. The lowest BCUT2D eigenvalue weighted by atomic mass is 9.81. The summed E-state index contributed by atoms with van der Waals surface area (Å²) in [6.07, 6.45) is 10.1. The second-order valence-corrected chi connectivity index (χ2v) is 4.62. The Labute approximate surface area is 125 Å². The molecule has 0 bridgehead atoms. The molecule has 0 aromatic carbocycles. The van der Waals surface area contributed by atoms with Crippen molar-refractivity contribution in [2.45, 2.75) is 100 Å². The van der Waals surface area contributed by atoms with Gasteiger partial charge < -0.3 is 5.73 Å². The summed E-state index contributed by atoms with van der Waals surface area (Å²) >= 11 is 0. The lowest BCUT2D eigenvalue weighted by Gasteiger charge is -2.25. The molecule has 0 spiro atoms. The molecule has 19 heavy (non-hydrogen) atoms. The van der Waals surface area contributed by atoms with Crippen LogP contribution in [0.15, 0.2) is 0 Å². The second kappa shape index (κ2) is 30.8. The van der Waals surface area contributed by atoms with Crippen LogP contribution in [0.25, 0.3) is 0 Å². The Kier molecular flexibility index (Phi) is 44.2. The van der Waals surface area contributed by atoms with Crippen molar-refractivity contribution in [3.05, 3.63) is 0 Å². The summed E-state index contributed by atoms with van der Waals surface area (Å²) in [6.45, 7) is 16.9. The highest BCUT2D eigenvalue weighted by Crippen LogP contribution is 2.30. The fourth-order valence-electron chi connectivity index (χ4n) is 2.03. The lowest BCUT2D eigenvalue weighted by Crippen LogP contribution is -2.11. The van der Waals surface area contributed by atoms with Crippen LogP contribution < -0.4 is 5.73 Å². The summed E-state index contributed by atoms with van der Waals surface area (Å²) < 4.78 is 0. The van der Waals surface area contributed by atoms with Gasteiger partial charge in [0.25, 0.3) is 0 Å². The van der Waals surface area contributed by atoms with Crippen LogP contribution in [0.5, 0.6) is 0 Å². The molecule has 1 aliphatic carbocycles. The third-order valence-corrected chi connectivity index (χ3v) is 2.83. The van der Waals surface area contributed by atoms with E-state index in [1.54, 1.807) is 0 Å². The molecular weight excluding hydrogens is 230 g/mol. The minimum absolute atomic E-state index is 1.02. The smallest absolute Gasteiger partial charge is 0.0195 e. The molecule has 0 radical (unpaired) electrons. The number of nitrogens with two attached hydrogens (primary N) is 1. The van der Waals surface area contributed by atoms with Gasteiger partial charge in [0.2, 0.25) is 0 Å². The van der Waals surface area contributed by atoms with Gasteiger partial charge in [0.15, 0.2) is 0 Å². The zero-order valence-electron chi connectivity index (χ0n) is 15.7. The normalized spacial score (nSPS) is 19.9. The first-order valence-corrected chi connectivity index (χ1v) is 8.82. The van der Waals surface area contributed by atoms with Gasteiger partial charge in [-0.2, -0.15) is 0 Å². The summed E-state index contributed by atoms with van der Waals surface area (Å²) in [4.78, 5) is 0. The SMILES string of the molecule is CC.CC.CCC.CCCC1CCC(C)CC1.CN. The van der Waals surface area contributed by atoms with Crippen LogP contribution in [0.1, 0.15) is 100 Å². The van der Waals surface area contributed by atoms with Crippen LogP contribution in [-0.2, 0) is 0 Å². The Morgan fingerprint density at radius 3 is 1.37 bits per heavy atom. The fraction of sp³-hybridized carbons (Fsp3) is 1.00. The summed E-state index contributed by atoms with van der Waals surface area (Å²) in [5, 5.41) is 0. The number of hydrogen-bond acceptors (Lipinski definition) is 1. The van der Waals surface area contributed by atoms with Gasteiger partial charge in [-0.3, -0.25) is 0 Å². The van der Waals surface area contributed by atoms with Gasteiger partial charge in [-0.15, -0.1) is 0 Å². The van der Waals surface area contributed by atoms with Gasteiger partial charge in [-0.05, 0) is 18.9 Å². The maximum absolute atomic E-state index is 4.50. The van der Waals surface area contributed by atoms with Crippen molar-refractivity contribution in [1.82, 2.24) is 0 Å². The minimum Gasteiger partial charge on any atom is -0.333 e. The Morgan fingerprint density at radius 1 is 0.789 bits per heavy atom. The standard InChI is InChI=1S/C10H20.C3H8.2C2H6.CH5N/c1-3-4-10-7-5-9(2)6-8-10;1-3-2;3*1-2/h9-10H,3-8H2,1-2H3;3H2,1-2H3;2*1-2H3;2H2,1H3. The van der Waals surface area contributed by atoms with E-state index in [-0.39, 0.29) is 0 Å². The molecule has 2 N–H and O–H groups in total. The van der Waals surface area contributed by atoms with Crippen molar-refractivity contribution in [2.24, 2.45) is 17.6 Å². The topological polar surface area (TPSA) is 26.0 Å². The molecule has 0 amide bonds. The van der Waals surface area contributed by atoms with E-state index in [9.17, 15) is 0 Å². The van der Waals surface area contributed by atoms with Crippen molar-refractivity contribution >= 4 is 0 Å². The number of hydrogen-bond donors (Lipinski definition) is 1. The van der Waals surface area contributed by atoms with Crippen molar-refractivity contribution < 1.29 is 0 Å². The third-order valence-electron chi connectivity index (χ3n) is 2.83. The Morgan fingerprint density at radius 2 is 1.11 bits per heavy atom. The first kappa shape index (κ1) is 27.3. The van der Waals surface area contributed by atoms with Crippen LogP contribution in [0.2, 0.25) is 0 Å². The molecule has 122 valence electrons. The monoisotopic (exact) mass is 275 g/mol. The van der Waals surface area contributed by atoms with E-state index in [1.807, 2.05) is 27.7 Å². The van der Waals surface area contributed by atoms with Gasteiger partial charge in [-0.25, -0.2) is 0 Å². The molecule has 0 saturated heterocycles. The first-order valence-electron chi connectivity index (χ1n) is 8.82. The summed E-state index contributed by atoms with van der Waals surface area (Å²) in [5.74, 6) is 2.11. The van der Waals surface area contributed by atoms with Crippen molar-refractivity contribution in [2.75, 3.05) is 7.05 Å². The maximum atomic E-state index is 4.50. The maximum Gasteiger partial charge on any atom is -0.0195 e. The number of rotatable bonds is 2. The molecule has 1 aliphatic rings. The molecule has 0 heterocycles. The Balaban J connectivity index is -0.000000106. The van der Waals surface area contributed by atoms with Crippen LogP contribution in [0.3, 0.4) is 0 Å². The van der Waals surface area contributed by atoms with Crippen LogP contribution in [-0.4, -0.2) is 7.05 Å². The van der Waals surface area contributed by atoms with Crippen molar-refractivity contribution in [3.63, 3.8) is 0 Å². The largest absolute Gasteiger partial charge is 0.333 e. The molecule has 1 saturated carbocycles. The molecule has 1 nitrogen and oxygen atoms in total. The molecule has 1 rings (SSSR count). The first-order chi connectivity index (χ1) is 9.24. The van der Waals surface area contributed by atoms with Crippen molar-refractivity contribution in [3.8, 4) is 0 Å². The van der Waals surface area contributed by atoms with E-state index in [0.717, 1.165) is 11.8 Å². The third kappa shape index (κ3) is 27.2. The average Bonchev–Trinajstić information content (AvgIpc) is 2.49. The highest BCUT2D eigenvalue weighted by molar-refractivity contribution is 4.69. The zero-order valence-corrected chi connectivity index (χ0v) is 15.7. The van der Waals surface area contributed by atoms with Crippen LogP contribution in [0.4, 0.5) is 0 Å². The summed E-state index contributed by atoms with van der Waals surface area (Å²) in [6, 6.07) is 0. The Bertz CT molecular complexity index is 93.9. The van der Waals surface area contributed by atoms with E-state index in [2.05, 4.69) is 33.4 Å². The molecule has 0 aromatic rings. The van der Waals surface area contributed by atoms with Gasteiger partial charge >= 0.3 is 0 Å². The average molecular weight is 276 g/mol. The van der Waals surface area contributed by atoms with Crippen LogP contribution >= 0.6 is 0 Å². The minimum atomic E-state index is 1.02. The predicted octanol–water partition coefficient (Wildman–Crippen LogP) is 6.66. The summed E-state index contributed by atoms with van der Waals surface area (Å²) in [7, 11) is 1.50. The van der Waals surface area contributed by atoms with E-state index in [4.69, 9.17) is 0 Å².